The molecule has 154 valence electrons. The number of aromatic hydroxyl groups is 1. The summed E-state index contributed by atoms with van der Waals surface area (Å²) in [4.78, 5) is 0. The van der Waals surface area contributed by atoms with Gasteiger partial charge in [-0.1, -0.05) is 19.8 Å². The summed E-state index contributed by atoms with van der Waals surface area (Å²) in [6.45, 7) is 6.22. The molecule has 2 aromatic rings. The molecule has 0 fully saturated rings. The molecule has 0 aromatic heterocycles. The monoisotopic (exact) mass is 398 g/mol. The number of hydrogen-bond acceptors (Lipinski definition) is 2. The molecule has 1 N–H and O–H groups in total. The third-order valence-electron chi connectivity index (χ3n) is 6.25. The van der Waals surface area contributed by atoms with Crippen LogP contribution in [0.1, 0.15) is 81.9 Å². The Kier molecular flexibility index (Phi) is 5.14. The first-order valence-electron chi connectivity index (χ1n) is 10.5. The molecule has 1 aliphatic carbocycles. The van der Waals surface area contributed by atoms with Crippen molar-refractivity contribution in [3.63, 3.8) is 0 Å². The van der Waals surface area contributed by atoms with Crippen LogP contribution in [0.25, 0.3) is 5.57 Å². The number of ether oxygens (including phenoxy) is 1. The van der Waals surface area contributed by atoms with Crippen molar-refractivity contribution in [3.05, 3.63) is 64.2 Å². The van der Waals surface area contributed by atoms with Gasteiger partial charge in [-0.05, 0) is 86.1 Å². The number of rotatable bonds is 5. The lowest BCUT2D eigenvalue weighted by molar-refractivity contribution is 0.141. The molecule has 2 aromatic carbocycles. The topological polar surface area (TPSA) is 29.5 Å². The molecule has 0 saturated carbocycles. The molecule has 0 amide bonds. The maximum atomic E-state index is 13.9. The average molecular weight is 398 g/mol. The Morgan fingerprint density at radius 2 is 1.72 bits per heavy atom. The van der Waals surface area contributed by atoms with Gasteiger partial charge in [-0.2, -0.15) is 0 Å². The molecule has 0 radical (unpaired) electrons. The van der Waals surface area contributed by atoms with Crippen LogP contribution >= 0.6 is 0 Å². The second-order valence-electron chi connectivity index (χ2n) is 8.73. The first-order valence-corrected chi connectivity index (χ1v) is 10.5. The maximum Gasteiger partial charge on any atom is 0.132 e. The Balaban J connectivity index is 1.82. The van der Waals surface area contributed by atoms with E-state index < -0.39 is 17.2 Å². The van der Waals surface area contributed by atoms with Crippen molar-refractivity contribution in [3.8, 4) is 11.5 Å². The highest BCUT2D eigenvalue weighted by Crippen LogP contribution is 2.52. The van der Waals surface area contributed by atoms with Gasteiger partial charge in [0, 0.05) is 12.0 Å². The number of phenolic OH excluding ortho intramolecular Hbond substituents is 1. The van der Waals surface area contributed by atoms with E-state index in [1.807, 2.05) is 6.07 Å². The van der Waals surface area contributed by atoms with E-state index in [2.05, 4.69) is 20.8 Å². The minimum absolute atomic E-state index is 0.195. The van der Waals surface area contributed by atoms with Crippen molar-refractivity contribution in [2.24, 2.45) is 0 Å². The normalized spacial score (nSPS) is 18.2. The van der Waals surface area contributed by atoms with E-state index >= 15 is 0 Å². The minimum atomic E-state index is -0.582. The summed E-state index contributed by atoms with van der Waals surface area (Å²) >= 11 is 0. The smallest absolute Gasteiger partial charge is 0.132 e. The van der Waals surface area contributed by atoms with Gasteiger partial charge in [-0.15, -0.1) is 0 Å². The van der Waals surface area contributed by atoms with Crippen molar-refractivity contribution in [2.75, 3.05) is 0 Å². The first kappa shape index (κ1) is 19.9. The number of hydrogen-bond donors (Lipinski definition) is 1. The second kappa shape index (κ2) is 7.47. The molecule has 2 aliphatic rings. The molecule has 1 unspecified atom stereocenters. The number of phenols is 1. The highest BCUT2D eigenvalue weighted by molar-refractivity contribution is 5.82. The number of benzene rings is 2. The largest absolute Gasteiger partial charge is 0.507 e. The molecule has 2 nitrogen and oxygen atoms in total. The van der Waals surface area contributed by atoms with E-state index in [1.165, 1.54) is 23.3 Å². The van der Waals surface area contributed by atoms with Crippen molar-refractivity contribution in [1.29, 1.82) is 0 Å². The minimum Gasteiger partial charge on any atom is -0.507 e. The summed E-state index contributed by atoms with van der Waals surface area (Å²) in [5.74, 6) is -0.504. The molecule has 1 heterocycles. The number of halogens is 2. The van der Waals surface area contributed by atoms with E-state index in [0.717, 1.165) is 55.7 Å². The van der Waals surface area contributed by atoms with E-state index in [9.17, 15) is 13.9 Å². The van der Waals surface area contributed by atoms with Crippen LogP contribution in [0, 0.1) is 11.6 Å². The SMILES string of the molecule is CCCCC(c1cc(F)cc(F)c1)c1cc(O)c2c(c1)OC(C)(C)C1=C2CCC1. The summed E-state index contributed by atoms with van der Waals surface area (Å²) in [6, 6.07) is 7.39. The van der Waals surface area contributed by atoms with Gasteiger partial charge >= 0.3 is 0 Å². The van der Waals surface area contributed by atoms with Gasteiger partial charge in [0.15, 0.2) is 0 Å². The zero-order valence-electron chi connectivity index (χ0n) is 17.3. The van der Waals surface area contributed by atoms with Crippen LogP contribution in [0.15, 0.2) is 35.9 Å². The standard InChI is InChI=1S/C25H28F2O2/c1-4-5-7-19(15-10-17(26)14-18(27)11-15)16-12-22(28)24-20-8-6-9-21(20)25(2,3)29-23(24)13-16/h10-14,19,28H,4-9H2,1-3H3. The van der Waals surface area contributed by atoms with Gasteiger partial charge < -0.3 is 9.84 Å². The summed E-state index contributed by atoms with van der Waals surface area (Å²) < 4.78 is 34.1. The number of fused-ring (bicyclic) bond motifs is 2. The predicted molar refractivity (Wildman–Crippen MR) is 111 cm³/mol. The van der Waals surface area contributed by atoms with Crippen LogP contribution in [0.4, 0.5) is 8.78 Å². The summed E-state index contributed by atoms with van der Waals surface area (Å²) in [5.41, 5.74) is 4.27. The van der Waals surface area contributed by atoms with Crippen LogP contribution in [0.5, 0.6) is 11.5 Å². The van der Waals surface area contributed by atoms with E-state index in [-0.39, 0.29) is 11.7 Å². The molecule has 0 saturated heterocycles. The molecule has 0 bridgehead atoms. The Labute approximate surface area is 171 Å². The van der Waals surface area contributed by atoms with E-state index in [0.29, 0.717) is 11.3 Å². The predicted octanol–water partition coefficient (Wildman–Crippen LogP) is 7.10. The van der Waals surface area contributed by atoms with Crippen molar-refractivity contribution >= 4 is 5.57 Å². The van der Waals surface area contributed by atoms with Gasteiger partial charge in [-0.25, -0.2) is 8.78 Å². The van der Waals surface area contributed by atoms with E-state index in [1.54, 1.807) is 6.07 Å². The zero-order chi connectivity index (χ0) is 20.8. The lowest BCUT2D eigenvalue weighted by Gasteiger charge is -2.35. The van der Waals surface area contributed by atoms with Gasteiger partial charge in [-0.3, -0.25) is 0 Å². The summed E-state index contributed by atoms with van der Waals surface area (Å²) in [7, 11) is 0. The zero-order valence-corrected chi connectivity index (χ0v) is 17.3. The van der Waals surface area contributed by atoms with Crippen LogP contribution < -0.4 is 4.74 Å². The number of unbranched alkanes of at least 4 members (excludes halogenated alkanes) is 1. The van der Waals surface area contributed by atoms with Crippen molar-refractivity contribution in [1.82, 2.24) is 0 Å². The number of allylic oxidation sites excluding steroid dienone is 1. The average Bonchev–Trinajstić information content (AvgIpc) is 3.11. The Hall–Kier alpha value is -2.36. The highest BCUT2D eigenvalue weighted by atomic mass is 19.1. The van der Waals surface area contributed by atoms with E-state index in [4.69, 9.17) is 4.74 Å². The fraction of sp³-hybridized carbons (Fsp3) is 0.440. The van der Waals surface area contributed by atoms with Gasteiger partial charge in [0.2, 0.25) is 0 Å². The molecular weight excluding hydrogens is 370 g/mol. The molecule has 4 heteroatoms. The van der Waals surface area contributed by atoms with Crippen LogP contribution in [0.2, 0.25) is 0 Å². The van der Waals surface area contributed by atoms with Gasteiger partial charge in [0.05, 0.1) is 5.56 Å². The maximum absolute atomic E-state index is 13.9. The fourth-order valence-electron chi connectivity index (χ4n) is 4.94. The molecule has 29 heavy (non-hydrogen) atoms. The first-order chi connectivity index (χ1) is 13.8. The molecular formula is C25H28F2O2. The molecule has 4 rings (SSSR count). The molecule has 0 spiro atoms. The third kappa shape index (κ3) is 3.65. The van der Waals surface area contributed by atoms with Crippen molar-refractivity contribution in [2.45, 2.75) is 70.8 Å². The summed E-state index contributed by atoms with van der Waals surface area (Å²) in [5, 5.41) is 10.9. The molecule has 1 aliphatic heterocycles. The van der Waals surface area contributed by atoms with Gasteiger partial charge in [0.25, 0.3) is 0 Å². The van der Waals surface area contributed by atoms with Gasteiger partial charge in [0.1, 0.15) is 28.7 Å². The van der Waals surface area contributed by atoms with Crippen molar-refractivity contribution < 1.29 is 18.6 Å². The lowest BCUT2D eigenvalue weighted by Crippen LogP contribution is -2.33. The quantitative estimate of drug-likeness (QED) is 0.582. The van der Waals surface area contributed by atoms with Crippen LogP contribution in [-0.4, -0.2) is 10.7 Å². The third-order valence-corrected chi connectivity index (χ3v) is 6.25. The Morgan fingerprint density at radius 1 is 1.03 bits per heavy atom. The lowest BCUT2D eigenvalue weighted by atomic mass is 9.83. The summed E-state index contributed by atoms with van der Waals surface area (Å²) in [6.07, 6.45) is 5.64. The fourth-order valence-corrected chi connectivity index (χ4v) is 4.94. The Morgan fingerprint density at radius 3 is 2.41 bits per heavy atom. The van der Waals surface area contributed by atoms with Crippen LogP contribution in [-0.2, 0) is 0 Å². The second-order valence-corrected chi connectivity index (χ2v) is 8.73. The van der Waals surface area contributed by atoms with Crippen LogP contribution in [0.3, 0.4) is 0 Å². The highest BCUT2D eigenvalue weighted by Gasteiger charge is 2.38. The Bertz CT molecular complexity index is 955. The molecule has 1 atom stereocenters.